The second-order valence-electron chi connectivity index (χ2n) is 6.13. The Morgan fingerprint density at radius 2 is 2.08 bits per heavy atom. The van der Waals surface area contributed by atoms with Gasteiger partial charge in [0.2, 0.25) is 5.91 Å². The monoisotopic (exact) mass is 345 g/mol. The van der Waals surface area contributed by atoms with Crippen LogP contribution in [-0.2, 0) is 11.3 Å². The van der Waals surface area contributed by atoms with Crippen LogP contribution in [0, 0.1) is 6.92 Å². The topological polar surface area (TPSA) is 52.6 Å². The fourth-order valence-corrected chi connectivity index (χ4v) is 3.82. The standard InChI is InChI=1S/C17H23N5OS/c1-14-3-10-24-15(14)12-20(2)13-17(23)22-8-6-21(7-9-22)16-11-18-4-5-19-16/h3-5,10-11H,6-9,12-13H2,1-2H3. The number of amides is 1. The van der Waals surface area contributed by atoms with Crippen LogP contribution in [0.1, 0.15) is 10.4 Å². The summed E-state index contributed by atoms with van der Waals surface area (Å²) in [4.78, 5) is 28.5. The minimum Gasteiger partial charge on any atom is -0.352 e. The smallest absolute Gasteiger partial charge is 0.236 e. The molecule has 6 nitrogen and oxygen atoms in total. The van der Waals surface area contributed by atoms with Gasteiger partial charge < -0.3 is 9.80 Å². The summed E-state index contributed by atoms with van der Waals surface area (Å²) < 4.78 is 0. The van der Waals surface area contributed by atoms with Crippen molar-refractivity contribution in [3.05, 3.63) is 40.5 Å². The lowest BCUT2D eigenvalue weighted by Crippen LogP contribution is -2.51. The lowest BCUT2D eigenvalue weighted by atomic mass is 10.2. The summed E-state index contributed by atoms with van der Waals surface area (Å²) in [5.74, 6) is 1.08. The predicted molar refractivity (Wildman–Crippen MR) is 96.2 cm³/mol. The van der Waals surface area contributed by atoms with Crippen LogP contribution in [0.2, 0.25) is 0 Å². The molecule has 0 aliphatic carbocycles. The van der Waals surface area contributed by atoms with Crippen molar-refractivity contribution in [1.29, 1.82) is 0 Å². The van der Waals surface area contributed by atoms with Crippen molar-refractivity contribution < 1.29 is 4.79 Å². The van der Waals surface area contributed by atoms with E-state index in [1.807, 2.05) is 11.9 Å². The first-order chi connectivity index (χ1) is 11.6. The van der Waals surface area contributed by atoms with Crippen LogP contribution in [0.25, 0.3) is 0 Å². The number of carbonyl (C=O) groups excluding carboxylic acids is 1. The average Bonchev–Trinajstić information content (AvgIpc) is 3.00. The predicted octanol–water partition coefficient (Wildman–Crippen LogP) is 1.63. The molecule has 1 fully saturated rings. The van der Waals surface area contributed by atoms with Crippen molar-refractivity contribution in [2.24, 2.45) is 0 Å². The molecule has 0 spiro atoms. The summed E-state index contributed by atoms with van der Waals surface area (Å²) in [6.07, 6.45) is 5.15. The Morgan fingerprint density at radius 3 is 2.71 bits per heavy atom. The van der Waals surface area contributed by atoms with Gasteiger partial charge in [-0.1, -0.05) is 0 Å². The molecule has 0 radical (unpaired) electrons. The normalized spacial score (nSPS) is 15.1. The number of rotatable bonds is 5. The maximum Gasteiger partial charge on any atom is 0.236 e. The first kappa shape index (κ1) is 16.9. The molecular weight excluding hydrogens is 322 g/mol. The Balaban J connectivity index is 1.47. The van der Waals surface area contributed by atoms with Gasteiger partial charge in [0.15, 0.2) is 0 Å². The molecule has 1 amide bonds. The zero-order chi connectivity index (χ0) is 16.9. The molecule has 0 bridgehead atoms. The molecule has 2 aromatic heterocycles. The lowest BCUT2D eigenvalue weighted by Gasteiger charge is -2.35. The Labute approximate surface area is 146 Å². The molecule has 0 atom stereocenters. The molecular formula is C17H23N5OS. The van der Waals surface area contributed by atoms with Gasteiger partial charge in [-0.2, -0.15) is 0 Å². The SMILES string of the molecule is Cc1ccsc1CN(C)CC(=O)N1CCN(c2cnccn2)CC1. The van der Waals surface area contributed by atoms with E-state index < -0.39 is 0 Å². The number of carbonyl (C=O) groups is 1. The molecule has 0 N–H and O–H groups in total. The number of hydrogen-bond acceptors (Lipinski definition) is 6. The maximum absolute atomic E-state index is 12.5. The molecule has 3 heterocycles. The quantitative estimate of drug-likeness (QED) is 0.824. The van der Waals surface area contributed by atoms with Gasteiger partial charge in [0.25, 0.3) is 0 Å². The molecule has 24 heavy (non-hydrogen) atoms. The van der Waals surface area contributed by atoms with Gasteiger partial charge in [0.1, 0.15) is 5.82 Å². The van der Waals surface area contributed by atoms with E-state index in [1.165, 1.54) is 10.4 Å². The number of hydrogen-bond donors (Lipinski definition) is 0. The molecule has 7 heteroatoms. The van der Waals surface area contributed by atoms with Gasteiger partial charge >= 0.3 is 0 Å². The van der Waals surface area contributed by atoms with E-state index in [-0.39, 0.29) is 5.91 Å². The van der Waals surface area contributed by atoms with E-state index in [0.717, 1.165) is 38.5 Å². The van der Waals surface area contributed by atoms with Crippen LogP contribution >= 0.6 is 11.3 Å². The number of anilines is 1. The molecule has 0 unspecified atom stereocenters. The summed E-state index contributed by atoms with van der Waals surface area (Å²) in [7, 11) is 2.01. The van der Waals surface area contributed by atoms with Gasteiger partial charge in [-0.05, 0) is 31.0 Å². The molecule has 1 aliphatic heterocycles. The van der Waals surface area contributed by atoms with Crippen molar-refractivity contribution in [2.75, 3.05) is 44.7 Å². The summed E-state index contributed by atoms with van der Waals surface area (Å²) in [5, 5.41) is 2.10. The molecule has 1 aliphatic rings. The number of nitrogens with zero attached hydrogens (tertiary/aromatic N) is 5. The van der Waals surface area contributed by atoms with Crippen LogP contribution in [0.4, 0.5) is 5.82 Å². The van der Waals surface area contributed by atoms with E-state index >= 15 is 0 Å². The number of thiophene rings is 1. The maximum atomic E-state index is 12.5. The highest BCUT2D eigenvalue weighted by Gasteiger charge is 2.22. The third-order valence-corrected chi connectivity index (χ3v) is 5.30. The van der Waals surface area contributed by atoms with Crippen LogP contribution in [0.15, 0.2) is 30.0 Å². The van der Waals surface area contributed by atoms with Gasteiger partial charge in [0, 0.05) is 50.0 Å². The van der Waals surface area contributed by atoms with Crippen LogP contribution in [0.3, 0.4) is 0 Å². The van der Waals surface area contributed by atoms with E-state index in [4.69, 9.17) is 0 Å². The molecule has 0 saturated carbocycles. The summed E-state index contributed by atoms with van der Waals surface area (Å²) in [6, 6.07) is 2.13. The molecule has 128 valence electrons. The average molecular weight is 345 g/mol. The Morgan fingerprint density at radius 1 is 1.29 bits per heavy atom. The lowest BCUT2D eigenvalue weighted by molar-refractivity contribution is -0.132. The van der Waals surface area contributed by atoms with Crippen molar-refractivity contribution in [3.63, 3.8) is 0 Å². The zero-order valence-corrected chi connectivity index (χ0v) is 15.0. The van der Waals surface area contributed by atoms with Crippen molar-refractivity contribution in [2.45, 2.75) is 13.5 Å². The first-order valence-electron chi connectivity index (χ1n) is 8.14. The Kier molecular flexibility index (Phi) is 5.42. The highest BCUT2D eigenvalue weighted by molar-refractivity contribution is 7.10. The minimum absolute atomic E-state index is 0.200. The van der Waals surface area contributed by atoms with Crippen molar-refractivity contribution >= 4 is 23.1 Å². The third-order valence-electron chi connectivity index (χ3n) is 4.29. The van der Waals surface area contributed by atoms with Gasteiger partial charge in [-0.3, -0.25) is 14.7 Å². The van der Waals surface area contributed by atoms with Crippen molar-refractivity contribution in [1.82, 2.24) is 19.8 Å². The Hall–Kier alpha value is -1.99. The first-order valence-corrected chi connectivity index (χ1v) is 9.01. The van der Waals surface area contributed by atoms with Crippen molar-refractivity contribution in [3.8, 4) is 0 Å². The van der Waals surface area contributed by atoms with Gasteiger partial charge in [-0.25, -0.2) is 4.98 Å². The zero-order valence-electron chi connectivity index (χ0n) is 14.2. The summed E-state index contributed by atoms with van der Waals surface area (Å²) in [5.41, 5.74) is 1.30. The molecule has 1 saturated heterocycles. The van der Waals surface area contributed by atoms with E-state index in [0.29, 0.717) is 6.54 Å². The molecule has 2 aromatic rings. The fourth-order valence-electron chi connectivity index (χ4n) is 2.84. The highest BCUT2D eigenvalue weighted by Crippen LogP contribution is 2.17. The largest absolute Gasteiger partial charge is 0.352 e. The number of aryl methyl sites for hydroxylation is 1. The molecule has 0 aromatic carbocycles. The van der Waals surface area contributed by atoms with Crippen LogP contribution in [-0.4, -0.2) is 65.4 Å². The molecule has 3 rings (SSSR count). The van der Waals surface area contributed by atoms with Crippen LogP contribution < -0.4 is 4.90 Å². The van der Waals surface area contributed by atoms with E-state index in [9.17, 15) is 4.79 Å². The van der Waals surface area contributed by atoms with E-state index in [2.05, 4.69) is 38.1 Å². The second kappa shape index (κ2) is 7.72. The van der Waals surface area contributed by atoms with Gasteiger partial charge in [-0.15, -0.1) is 11.3 Å². The minimum atomic E-state index is 0.200. The Bertz CT molecular complexity index is 667. The fraction of sp³-hybridized carbons (Fsp3) is 0.471. The summed E-state index contributed by atoms with van der Waals surface area (Å²) in [6.45, 7) is 6.49. The van der Waals surface area contributed by atoms with Gasteiger partial charge in [0.05, 0.1) is 12.7 Å². The third kappa shape index (κ3) is 4.10. The number of piperazine rings is 1. The van der Waals surface area contributed by atoms with E-state index in [1.54, 1.807) is 29.9 Å². The second-order valence-corrected chi connectivity index (χ2v) is 7.13. The summed E-state index contributed by atoms with van der Waals surface area (Å²) >= 11 is 1.75. The highest BCUT2D eigenvalue weighted by atomic mass is 32.1. The van der Waals surface area contributed by atoms with Crippen LogP contribution in [0.5, 0.6) is 0 Å². The number of likely N-dealkylation sites (N-methyl/N-ethyl adjacent to an activating group) is 1. The number of aromatic nitrogens is 2.